The van der Waals surface area contributed by atoms with Gasteiger partial charge in [0.1, 0.15) is 0 Å². The van der Waals surface area contributed by atoms with Crippen LogP contribution in [-0.4, -0.2) is 54.8 Å². The van der Waals surface area contributed by atoms with Crippen LogP contribution >= 0.6 is 0 Å². The van der Waals surface area contributed by atoms with Crippen molar-refractivity contribution in [1.82, 2.24) is 9.80 Å². The van der Waals surface area contributed by atoms with Crippen molar-refractivity contribution in [2.45, 2.75) is 19.8 Å². The maximum atomic E-state index is 12.6. The molecule has 0 aromatic heterocycles. The van der Waals surface area contributed by atoms with Crippen LogP contribution in [0.1, 0.15) is 30.1 Å². The number of carbonyl (C=O) groups excluding carboxylic acids is 2. The number of benzene rings is 1. The molecule has 2 rings (SSSR count). The van der Waals surface area contributed by atoms with E-state index in [2.05, 4.69) is 17.3 Å². The quantitative estimate of drug-likeness (QED) is 0.923. The molecule has 1 saturated heterocycles. The number of hydrogen-bond acceptors (Lipinski definition) is 3. The fourth-order valence-corrected chi connectivity index (χ4v) is 2.41. The molecule has 114 valence electrons. The van der Waals surface area contributed by atoms with Gasteiger partial charge in [-0.2, -0.15) is 0 Å². The summed E-state index contributed by atoms with van der Waals surface area (Å²) in [5.41, 5.74) is 1.31. The van der Waals surface area contributed by atoms with Crippen molar-refractivity contribution < 1.29 is 9.59 Å². The first-order chi connectivity index (χ1) is 10.1. The van der Waals surface area contributed by atoms with Crippen molar-refractivity contribution in [1.29, 1.82) is 0 Å². The summed E-state index contributed by atoms with van der Waals surface area (Å²) < 4.78 is 0. The highest BCUT2D eigenvalue weighted by Crippen LogP contribution is 2.14. The zero-order chi connectivity index (χ0) is 15.2. The molecule has 1 aliphatic heterocycles. The van der Waals surface area contributed by atoms with Crippen LogP contribution in [0, 0.1) is 0 Å². The Hall–Kier alpha value is -1.88. The highest BCUT2D eigenvalue weighted by molar-refractivity contribution is 5.97. The van der Waals surface area contributed by atoms with Gasteiger partial charge in [0.15, 0.2) is 0 Å². The Bertz CT molecular complexity index is 516. The first-order valence-corrected chi connectivity index (χ1v) is 7.48. The first-order valence-electron chi connectivity index (χ1n) is 7.48. The number of anilines is 1. The topological polar surface area (TPSA) is 52.7 Å². The fourth-order valence-electron chi connectivity index (χ4n) is 2.41. The molecule has 1 fully saturated rings. The Labute approximate surface area is 125 Å². The van der Waals surface area contributed by atoms with Crippen molar-refractivity contribution in [3.63, 3.8) is 0 Å². The second-order valence-electron chi connectivity index (χ2n) is 5.43. The molecule has 21 heavy (non-hydrogen) atoms. The minimum atomic E-state index is -0.0454. The van der Waals surface area contributed by atoms with Gasteiger partial charge >= 0.3 is 0 Å². The van der Waals surface area contributed by atoms with E-state index in [1.165, 1.54) is 0 Å². The third-order valence-corrected chi connectivity index (χ3v) is 3.72. The summed E-state index contributed by atoms with van der Waals surface area (Å²) in [5.74, 6) is -0.00565. The lowest BCUT2D eigenvalue weighted by atomic mass is 10.1. The molecule has 0 spiro atoms. The first kappa shape index (κ1) is 15.5. The molecule has 0 radical (unpaired) electrons. The molecule has 0 saturated carbocycles. The van der Waals surface area contributed by atoms with E-state index in [1.54, 1.807) is 25.1 Å². The van der Waals surface area contributed by atoms with Crippen LogP contribution in [0.4, 0.5) is 5.69 Å². The van der Waals surface area contributed by atoms with E-state index in [0.29, 0.717) is 17.7 Å². The summed E-state index contributed by atoms with van der Waals surface area (Å²) in [6, 6.07) is 7.17. The van der Waals surface area contributed by atoms with E-state index in [-0.39, 0.29) is 11.8 Å². The molecule has 5 heteroatoms. The minimum absolute atomic E-state index is 0.0397. The van der Waals surface area contributed by atoms with Crippen molar-refractivity contribution >= 4 is 17.5 Å². The van der Waals surface area contributed by atoms with Crippen molar-refractivity contribution in [2.24, 2.45) is 0 Å². The number of likely N-dealkylation sites (N-methyl/N-ethyl adjacent to an activating group) is 1. The normalized spacial score (nSPS) is 16.4. The molecule has 1 N–H and O–H groups in total. The van der Waals surface area contributed by atoms with Crippen molar-refractivity contribution in [3.8, 4) is 0 Å². The van der Waals surface area contributed by atoms with Gasteiger partial charge in [-0.15, -0.1) is 0 Å². The van der Waals surface area contributed by atoms with Gasteiger partial charge in [0, 0.05) is 37.3 Å². The largest absolute Gasteiger partial charge is 0.337 e. The Balaban J connectivity index is 2.08. The molecule has 1 aromatic carbocycles. The number of nitrogens with zero attached hydrogens (tertiary/aromatic N) is 2. The summed E-state index contributed by atoms with van der Waals surface area (Å²) in [7, 11) is 2.08. The molecule has 0 unspecified atom stereocenters. The van der Waals surface area contributed by atoms with Gasteiger partial charge in [0.2, 0.25) is 5.91 Å². The summed E-state index contributed by atoms with van der Waals surface area (Å²) in [6.45, 7) is 5.27. The summed E-state index contributed by atoms with van der Waals surface area (Å²) in [4.78, 5) is 28.1. The van der Waals surface area contributed by atoms with Gasteiger partial charge in [0.25, 0.3) is 5.91 Å². The Morgan fingerprint density at radius 3 is 2.76 bits per heavy atom. The van der Waals surface area contributed by atoms with E-state index >= 15 is 0 Å². The third-order valence-electron chi connectivity index (χ3n) is 3.72. The Morgan fingerprint density at radius 2 is 2.00 bits per heavy atom. The monoisotopic (exact) mass is 289 g/mol. The standard InChI is InChI=1S/C16H23N3O2/c1-3-15(20)17-14-7-4-6-13(12-14)16(21)19-9-5-8-18(2)10-11-19/h4,6-7,12H,3,5,8-11H2,1-2H3,(H,17,20). The molecular formula is C16H23N3O2. The number of rotatable bonds is 3. The van der Waals surface area contributed by atoms with Gasteiger partial charge in [-0.25, -0.2) is 0 Å². The van der Waals surface area contributed by atoms with E-state index in [4.69, 9.17) is 0 Å². The maximum Gasteiger partial charge on any atom is 0.253 e. The zero-order valence-electron chi connectivity index (χ0n) is 12.8. The summed E-state index contributed by atoms with van der Waals surface area (Å²) >= 11 is 0. The van der Waals surface area contributed by atoms with Crippen LogP contribution in [0.15, 0.2) is 24.3 Å². The molecule has 1 aromatic rings. The molecular weight excluding hydrogens is 266 g/mol. The number of hydrogen-bond donors (Lipinski definition) is 1. The van der Waals surface area contributed by atoms with Crippen LogP contribution in [0.25, 0.3) is 0 Å². The lowest BCUT2D eigenvalue weighted by molar-refractivity contribution is -0.115. The van der Waals surface area contributed by atoms with Crippen LogP contribution < -0.4 is 5.32 Å². The third kappa shape index (κ3) is 4.29. The van der Waals surface area contributed by atoms with Gasteiger partial charge < -0.3 is 15.1 Å². The minimum Gasteiger partial charge on any atom is -0.337 e. The van der Waals surface area contributed by atoms with Crippen LogP contribution in [0.3, 0.4) is 0 Å². The molecule has 1 aliphatic rings. The van der Waals surface area contributed by atoms with Gasteiger partial charge in [0.05, 0.1) is 0 Å². The number of nitrogens with one attached hydrogen (secondary N) is 1. The second-order valence-corrected chi connectivity index (χ2v) is 5.43. The predicted octanol–water partition coefficient (Wildman–Crippen LogP) is 1.81. The fraction of sp³-hybridized carbons (Fsp3) is 0.500. The van der Waals surface area contributed by atoms with Crippen LogP contribution in [-0.2, 0) is 4.79 Å². The van der Waals surface area contributed by atoms with Gasteiger partial charge in [-0.05, 0) is 38.2 Å². The highest BCUT2D eigenvalue weighted by atomic mass is 16.2. The van der Waals surface area contributed by atoms with E-state index < -0.39 is 0 Å². The SMILES string of the molecule is CCC(=O)Nc1cccc(C(=O)N2CCCN(C)CC2)c1. The lowest BCUT2D eigenvalue weighted by Gasteiger charge is -2.21. The lowest BCUT2D eigenvalue weighted by Crippen LogP contribution is -2.34. The Morgan fingerprint density at radius 1 is 1.19 bits per heavy atom. The van der Waals surface area contributed by atoms with Gasteiger partial charge in [-0.1, -0.05) is 13.0 Å². The second kappa shape index (κ2) is 7.22. The number of carbonyl (C=O) groups is 2. The van der Waals surface area contributed by atoms with Crippen LogP contribution in [0.2, 0.25) is 0 Å². The van der Waals surface area contributed by atoms with Gasteiger partial charge in [-0.3, -0.25) is 9.59 Å². The average molecular weight is 289 g/mol. The van der Waals surface area contributed by atoms with Crippen molar-refractivity contribution in [2.75, 3.05) is 38.5 Å². The van der Waals surface area contributed by atoms with Crippen molar-refractivity contribution in [3.05, 3.63) is 29.8 Å². The maximum absolute atomic E-state index is 12.6. The molecule has 5 nitrogen and oxygen atoms in total. The van der Waals surface area contributed by atoms with E-state index in [1.807, 2.05) is 11.0 Å². The average Bonchev–Trinajstić information content (AvgIpc) is 2.71. The highest BCUT2D eigenvalue weighted by Gasteiger charge is 2.19. The van der Waals surface area contributed by atoms with E-state index in [9.17, 15) is 9.59 Å². The molecule has 0 bridgehead atoms. The molecule has 2 amide bonds. The predicted molar refractivity (Wildman–Crippen MR) is 83.4 cm³/mol. The Kier molecular flexibility index (Phi) is 5.33. The molecule has 1 heterocycles. The van der Waals surface area contributed by atoms with E-state index in [0.717, 1.165) is 32.6 Å². The van der Waals surface area contributed by atoms with Crippen LogP contribution in [0.5, 0.6) is 0 Å². The molecule has 0 atom stereocenters. The molecule has 0 aliphatic carbocycles. The summed E-state index contributed by atoms with van der Waals surface area (Å²) in [5, 5.41) is 2.79. The summed E-state index contributed by atoms with van der Waals surface area (Å²) in [6.07, 6.45) is 1.42. The number of amides is 2. The smallest absolute Gasteiger partial charge is 0.253 e. The zero-order valence-corrected chi connectivity index (χ0v) is 12.8.